The van der Waals surface area contributed by atoms with Crippen LogP contribution in [-0.2, 0) is 0 Å². The van der Waals surface area contributed by atoms with Crippen LogP contribution in [-0.4, -0.2) is 13.1 Å². The van der Waals surface area contributed by atoms with Gasteiger partial charge in [-0.25, -0.2) is 0 Å². The minimum absolute atomic E-state index is 0.388. The summed E-state index contributed by atoms with van der Waals surface area (Å²) in [7, 11) is 2.10. The van der Waals surface area contributed by atoms with Crippen molar-refractivity contribution >= 4 is 10.8 Å². The van der Waals surface area contributed by atoms with Crippen molar-refractivity contribution in [3.05, 3.63) is 48.0 Å². The molecule has 1 nitrogen and oxygen atoms in total. The van der Waals surface area contributed by atoms with Gasteiger partial charge < -0.3 is 5.32 Å². The van der Waals surface area contributed by atoms with Crippen molar-refractivity contribution in [2.75, 3.05) is 7.05 Å². The summed E-state index contributed by atoms with van der Waals surface area (Å²) >= 11 is 0. The maximum absolute atomic E-state index is 3.49. The summed E-state index contributed by atoms with van der Waals surface area (Å²) in [5.74, 6) is 0.682. The third-order valence-electron chi connectivity index (χ3n) is 5.37. The average molecular weight is 253 g/mol. The van der Waals surface area contributed by atoms with Crippen molar-refractivity contribution < 1.29 is 0 Å². The maximum Gasteiger partial charge on any atom is 0.0130 e. The van der Waals surface area contributed by atoms with Gasteiger partial charge in [0.05, 0.1) is 0 Å². The fourth-order valence-electron chi connectivity index (χ4n) is 3.83. The van der Waals surface area contributed by atoms with Crippen LogP contribution in [0.5, 0.6) is 0 Å². The van der Waals surface area contributed by atoms with Crippen molar-refractivity contribution in [1.29, 1.82) is 0 Å². The molecule has 1 aliphatic carbocycles. The summed E-state index contributed by atoms with van der Waals surface area (Å²) in [5.41, 5.74) is 1.92. The first kappa shape index (κ1) is 12.7. The van der Waals surface area contributed by atoms with E-state index in [1.165, 1.54) is 29.2 Å². The highest BCUT2D eigenvalue weighted by atomic mass is 14.9. The van der Waals surface area contributed by atoms with Gasteiger partial charge in [0.15, 0.2) is 0 Å². The lowest BCUT2D eigenvalue weighted by atomic mass is 9.53. The van der Waals surface area contributed by atoms with Crippen molar-refractivity contribution in [2.24, 2.45) is 5.41 Å². The summed E-state index contributed by atoms with van der Waals surface area (Å²) in [6.07, 6.45) is 2.49. The molecule has 0 aromatic heterocycles. The van der Waals surface area contributed by atoms with Crippen LogP contribution in [0.25, 0.3) is 10.8 Å². The van der Waals surface area contributed by atoms with E-state index in [1.54, 1.807) is 0 Å². The molecule has 0 heterocycles. The normalized spacial score (nSPS) is 30.3. The van der Waals surface area contributed by atoms with Gasteiger partial charge in [-0.15, -0.1) is 0 Å². The van der Waals surface area contributed by atoms with Crippen LogP contribution >= 0.6 is 0 Å². The van der Waals surface area contributed by atoms with Gasteiger partial charge in [0.1, 0.15) is 0 Å². The van der Waals surface area contributed by atoms with Crippen LogP contribution in [0.15, 0.2) is 42.5 Å². The minimum Gasteiger partial charge on any atom is -0.316 e. The van der Waals surface area contributed by atoms with Crippen LogP contribution in [0, 0.1) is 5.41 Å². The number of benzene rings is 2. The maximum atomic E-state index is 3.49. The van der Waals surface area contributed by atoms with Crippen LogP contribution in [0.3, 0.4) is 0 Å². The Labute approximate surface area is 116 Å². The molecule has 0 amide bonds. The number of hydrogen-bond acceptors (Lipinski definition) is 1. The van der Waals surface area contributed by atoms with Gasteiger partial charge in [-0.1, -0.05) is 56.3 Å². The molecule has 3 atom stereocenters. The lowest BCUT2D eigenvalue weighted by Crippen LogP contribution is -2.55. The lowest BCUT2D eigenvalue weighted by Gasteiger charge is -2.54. The zero-order valence-electron chi connectivity index (χ0n) is 12.1. The molecule has 3 rings (SSSR count). The largest absolute Gasteiger partial charge is 0.316 e. The predicted octanol–water partition coefficient (Wildman–Crippen LogP) is 4.33. The fraction of sp³-hybridized carbons (Fsp3) is 0.444. The predicted molar refractivity (Wildman–Crippen MR) is 82.6 cm³/mol. The van der Waals surface area contributed by atoms with Gasteiger partial charge in [-0.2, -0.15) is 0 Å². The van der Waals surface area contributed by atoms with E-state index in [0.717, 1.165) is 0 Å². The van der Waals surface area contributed by atoms with Crippen molar-refractivity contribution in [2.45, 2.75) is 38.6 Å². The molecule has 1 fully saturated rings. The van der Waals surface area contributed by atoms with Crippen molar-refractivity contribution in [1.82, 2.24) is 5.32 Å². The second-order valence-corrected chi connectivity index (χ2v) is 6.06. The van der Waals surface area contributed by atoms with E-state index in [0.29, 0.717) is 17.4 Å². The van der Waals surface area contributed by atoms with E-state index in [9.17, 15) is 0 Å². The van der Waals surface area contributed by atoms with Crippen LogP contribution < -0.4 is 5.32 Å². The van der Waals surface area contributed by atoms with Gasteiger partial charge in [0.25, 0.3) is 0 Å². The van der Waals surface area contributed by atoms with E-state index < -0.39 is 0 Å². The zero-order chi connectivity index (χ0) is 13.5. The third-order valence-corrected chi connectivity index (χ3v) is 5.37. The van der Waals surface area contributed by atoms with Gasteiger partial charge >= 0.3 is 0 Å². The SMILES string of the molecule is CCC1(C)C(NC)CC1c1cccc2ccccc12. The Hall–Kier alpha value is -1.34. The van der Waals surface area contributed by atoms with Gasteiger partial charge in [-0.3, -0.25) is 0 Å². The summed E-state index contributed by atoms with van der Waals surface area (Å²) in [4.78, 5) is 0. The third kappa shape index (κ3) is 1.80. The van der Waals surface area contributed by atoms with Crippen LogP contribution in [0.2, 0.25) is 0 Å². The molecular formula is C18H23N. The Kier molecular flexibility index (Phi) is 3.10. The Morgan fingerprint density at radius 2 is 1.89 bits per heavy atom. The summed E-state index contributed by atoms with van der Waals surface area (Å²) < 4.78 is 0. The topological polar surface area (TPSA) is 12.0 Å². The molecule has 0 bridgehead atoms. The first-order valence-corrected chi connectivity index (χ1v) is 7.35. The summed E-state index contributed by atoms with van der Waals surface area (Å²) in [5, 5.41) is 6.29. The molecule has 2 aromatic carbocycles. The number of hydrogen-bond donors (Lipinski definition) is 1. The van der Waals surface area contributed by atoms with E-state index in [2.05, 4.69) is 68.7 Å². The van der Waals surface area contributed by atoms with E-state index in [-0.39, 0.29) is 0 Å². The molecule has 3 unspecified atom stereocenters. The first-order valence-electron chi connectivity index (χ1n) is 7.35. The lowest BCUT2D eigenvalue weighted by molar-refractivity contribution is 0.0503. The van der Waals surface area contributed by atoms with Gasteiger partial charge in [0, 0.05) is 6.04 Å². The Morgan fingerprint density at radius 3 is 2.63 bits per heavy atom. The summed E-state index contributed by atoms with van der Waals surface area (Å²) in [6.45, 7) is 4.76. The van der Waals surface area contributed by atoms with E-state index >= 15 is 0 Å². The van der Waals surface area contributed by atoms with Gasteiger partial charge in [0.2, 0.25) is 0 Å². The number of nitrogens with one attached hydrogen (secondary N) is 1. The standard InChI is InChI=1S/C18H23N/c1-4-18(2)16(12-17(18)19-3)15-11-7-9-13-8-5-6-10-14(13)15/h5-11,16-17,19H,4,12H2,1-3H3. The molecule has 1 heteroatoms. The molecular weight excluding hydrogens is 230 g/mol. The van der Waals surface area contributed by atoms with Crippen LogP contribution in [0.1, 0.15) is 38.2 Å². The van der Waals surface area contributed by atoms with E-state index in [4.69, 9.17) is 0 Å². The number of fused-ring (bicyclic) bond motifs is 1. The second-order valence-electron chi connectivity index (χ2n) is 6.06. The molecule has 19 heavy (non-hydrogen) atoms. The molecule has 2 aromatic rings. The Bertz CT molecular complexity index is 584. The molecule has 1 N–H and O–H groups in total. The smallest absolute Gasteiger partial charge is 0.0130 e. The average Bonchev–Trinajstić information content (AvgIpc) is 2.46. The number of rotatable bonds is 3. The first-order chi connectivity index (χ1) is 9.20. The highest BCUT2D eigenvalue weighted by Gasteiger charge is 2.50. The molecule has 0 radical (unpaired) electrons. The van der Waals surface area contributed by atoms with Crippen LogP contribution in [0.4, 0.5) is 0 Å². The molecule has 1 saturated carbocycles. The zero-order valence-corrected chi connectivity index (χ0v) is 12.1. The monoisotopic (exact) mass is 253 g/mol. The molecule has 1 aliphatic rings. The fourth-order valence-corrected chi connectivity index (χ4v) is 3.83. The Morgan fingerprint density at radius 1 is 1.16 bits per heavy atom. The minimum atomic E-state index is 0.388. The molecule has 0 spiro atoms. The van der Waals surface area contributed by atoms with Crippen molar-refractivity contribution in [3.8, 4) is 0 Å². The molecule has 100 valence electrons. The highest BCUT2D eigenvalue weighted by Crippen LogP contribution is 2.55. The molecule has 0 aliphatic heterocycles. The van der Waals surface area contributed by atoms with E-state index in [1.807, 2.05) is 0 Å². The Balaban J connectivity index is 2.06. The molecule has 0 saturated heterocycles. The van der Waals surface area contributed by atoms with Gasteiger partial charge in [-0.05, 0) is 47.6 Å². The van der Waals surface area contributed by atoms with Crippen molar-refractivity contribution in [3.63, 3.8) is 0 Å². The summed E-state index contributed by atoms with van der Waals surface area (Å²) in [6, 6.07) is 16.2. The quantitative estimate of drug-likeness (QED) is 0.858. The second kappa shape index (κ2) is 4.64. The highest BCUT2D eigenvalue weighted by molar-refractivity contribution is 5.86.